The van der Waals surface area contributed by atoms with Crippen LogP contribution in [0.1, 0.15) is 44.2 Å². The first kappa shape index (κ1) is 19.3. The zero-order valence-corrected chi connectivity index (χ0v) is 17.1. The predicted octanol–water partition coefficient (Wildman–Crippen LogP) is 4.83. The van der Waals surface area contributed by atoms with Gasteiger partial charge in [-0.15, -0.1) is 0 Å². The van der Waals surface area contributed by atoms with E-state index in [1.54, 1.807) is 11.1 Å². The van der Waals surface area contributed by atoms with E-state index < -0.39 is 17.9 Å². The summed E-state index contributed by atoms with van der Waals surface area (Å²) in [6, 6.07) is 4.21. The molecule has 1 aliphatic heterocycles. The van der Waals surface area contributed by atoms with Gasteiger partial charge in [-0.3, -0.25) is 9.58 Å². The Kier molecular flexibility index (Phi) is 4.48. The van der Waals surface area contributed by atoms with Gasteiger partial charge in [-0.2, -0.15) is 5.10 Å². The number of aromatic nitrogens is 2. The van der Waals surface area contributed by atoms with Crippen LogP contribution in [0.15, 0.2) is 24.5 Å². The van der Waals surface area contributed by atoms with Gasteiger partial charge in [0, 0.05) is 35.3 Å². The molecule has 0 radical (unpaired) electrons. The van der Waals surface area contributed by atoms with Crippen LogP contribution in [0, 0.1) is 5.92 Å². The van der Waals surface area contributed by atoms with E-state index in [4.69, 9.17) is 9.47 Å². The van der Waals surface area contributed by atoms with E-state index >= 15 is 0 Å². The van der Waals surface area contributed by atoms with E-state index in [1.807, 2.05) is 29.9 Å². The maximum absolute atomic E-state index is 13.5. The molecular formula is C22H25F2N3O3. The Morgan fingerprint density at radius 2 is 2.07 bits per heavy atom. The Morgan fingerprint density at radius 3 is 2.73 bits per heavy atom. The summed E-state index contributed by atoms with van der Waals surface area (Å²) in [7, 11) is 1.36. The lowest BCUT2D eigenvalue weighted by Gasteiger charge is -2.35. The summed E-state index contributed by atoms with van der Waals surface area (Å²) >= 11 is 0. The van der Waals surface area contributed by atoms with Crippen molar-refractivity contribution in [2.45, 2.75) is 57.0 Å². The summed E-state index contributed by atoms with van der Waals surface area (Å²) < 4.78 is 39.9. The second-order valence-corrected chi connectivity index (χ2v) is 8.58. The molecule has 2 aliphatic carbocycles. The van der Waals surface area contributed by atoms with Crippen molar-refractivity contribution in [2.75, 3.05) is 18.6 Å². The summed E-state index contributed by atoms with van der Waals surface area (Å²) in [5.41, 5.74) is 3.30. The van der Waals surface area contributed by atoms with Crippen molar-refractivity contribution in [3.8, 4) is 16.9 Å². The smallest absolute Gasteiger partial charge is 0.414 e. The van der Waals surface area contributed by atoms with Gasteiger partial charge in [-0.05, 0) is 44.7 Å². The molecule has 0 N–H and O–H groups in total. The maximum atomic E-state index is 13.5. The fourth-order valence-electron chi connectivity index (χ4n) is 4.22. The van der Waals surface area contributed by atoms with Crippen LogP contribution in [-0.2, 0) is 11.2 Å². The number of hydrogen-bond acceptors (Lipinski definition) is 4. The second-order valence-electron chi connectivity index (χ2n) is 8.58. The van der Waals surface area contributed by atoms with Crippen molar-refractivity contribution in [3.63, 3.8) is 0 Å². The fraction of sp³-hybridized carbons (Fsp3) is 0.545. The third-order valence-corrected chi connectivity index (χ3v) is 6.34. The molecule has 0 spiro atoms. The number of carbonyl (C=O) groups excluding carboxylic acids is 1. The standard InChI is InChI=1S/C22H25F2N3O3/c1-13-3-6-18-19(27(13)21(28)29-2)8-7-17(14-10-25-26(11-14)16-4-5-16)20(18)30-12-15-9-22(15,23)24/h7-8,10-11,13,15-16H,3-6,9,12H2,1-2H3. The molecule has 3 aliphatic rings. The molecule has 1 aromatic heterocycles. The molecule has 160 valence electrons. The van der Waals surface area contributed by atoms with Crippen molar-refractivity contribution >= 4 is 11.8 Å². The first-order valence-corrected chi connectivity index (χ1v) is 10.5. The zero-order valence-electron chi connectivity index (χ0n) is 17.1. The quantitative estimate of drug-likeness (QED) is 0.700. The molecule has 8 heteroatoms. The maximum Gasteiger partial charge on any atom is 0.414 e. The van der Waals surface area contributed by atoms with Gasteiger partial charge in [0.1, 0.15) is 5.75 Å². The van der Waals surface area contributed by atoms with Crippen molar-refractivity contribution in [2.24, 2.45) is 5.92 Å². The molecule has 2 atom stereocenters. The van der Waals surface area contributed by atoms with Crippen molar-refractivity contribution < 1.29 is 23.0 Å². The monoisotopic (exact) mass is 417 g/mol. The van der Waals surface area contributed by atoms with Crippen LogP contribution >= 0.6 is 0 Å². The molecule has 2 saturated carbocycles. The highest BCUT2D eigenvalue weighted by Gasteiger charge is 2.57. The second kappa shape index (κ2) is 6.96. The van der Waals surface area contributed by atoms with Crippen molar-refractivity contribution in [3.05, 3.63) is 30.1 Å². The topological polar surface area (TPSA) is 56.6 Å². The van der Waals surface area contributed by atoms with Crippen molar-refractivity contribution in [1.29, 1.82) is 0 Å². The Balaban J connectivity index is 1.55. The summed E-state index contributed by atoms with van der Waals surface area (Å²) in [6.07, 6.45) is 6.90. The Bertz CT molecular complexity index is 986. The van der Waals surface area contributed by atoms with E-state index in [1.165, 1.54) is 7.11 Å². The number of alkyl halides is 2. The molecule has 2 heterocycles. The lowest BCUT2D eigenvalue weighted by Crippen LogP contribution is -2.42. The van der Waals surface area contributed by atoms with Crippen molar-refractivity contribution in [1.82, 2.24) is 9.78 Å². The highest BCUT2D eigenvalue weighted by molar-refractivity contribution is 5.92. The minimum atomic E-state index is -2.64. The number of anilines is 1. The number of hydrogen-bond donors (Lipinski definition) is 0. The largest absolute Gasteiger partial charge is 0.492 e. The Morgan fingerprint density at radius 1 is 1.30 bits per heavy atom. The van der Waals surface area contributed by atoms with Gasteiger partial charge >= 0.3 is 6.09 Å². The predicted molar refractivity (Wildman–Crippen MR) is 107 cm³/mol. The van der Waals surface area contributed by atoms with Crippen LogP contribution < -0.4 is 9.64 Å². The highest BCUT2D eigenvalue weighted by atomic mass is 19.3. The van der Waals surface area contributed by atoms with Gasteiger partial charge in [0.15, 0.2) is 0 Å². The number of nitrogens with zero attached hydrogens (tertiary/aromatic N) is 3. The van der Waals surface area contributed by atoms with E-state index in [0.29, 0.717) is 18.2 Å². The highest BCUT2D eigenvalue weighted by Crippen LogP contribution is 2.50. The fourth-order valence-corrected chi connectivity index (χ4v) is 4.22. The average molecular weight is 417 g/mol. The van der Waals surface area contributed by atoms with Crippen LogP contribution in [0.5, 0.6) is 5.75 Å². The molecule has 5 rings (SSSR count). The van der Waals surface area contributed by atoms with E-state index in [2.05, 4.69) is 5.10 Å². The molecule has 1 amide bonds. The van der Waals surface area contributed by atoms with Crippen LogP contribution in [0.3, 0.4) is 0 Å². The summed E-state index contributed by atoms with van der Waals surface area (Å²) in [5.74, 6) is -2.82. The lowest BCUT2D eigenvalue weighted by molar-refractivity contribution is 0.0855. The molecule has 6 nitrogen and oxygen atoms in total. The van der Waals surface area contributed by atoms with Crippen LogP contribution in [0.2, 0.25) is 0 Å². The zero-order chi connectivity index (χ0) is 21.0. The number of fused-ring (bicyclic) bond motifs is 1. The van der Waals surface area contributed by atoms with Gasteiger partial charge in [0.2, 0.25) is 0 Å². The van der Waals surface area contributed by atoms with E-state index in [9.17, 15) is 13.6 Å². The molecule has 0 bridgehead atoms. The van der Waals surface area contributed by atoms with Crippen LogP contribution in [0.25, 0.3) is 11.1 Å². The average Bonchev–Trinajstić information content (AvgIpc) is 3.62. The molecule has 2 aromatic rings. The third-order valence-electron chi connectivity index (χ3n) is 6.34. The van der Waals surface area contributed by atoms with Gasteiger partial charge < -0.3 is 9.47 Å². The minimum Gasteiger partial charge on any atom is -0.492 e. The lowest BCUT2D eigenvalue weighted by atomic mass is 9.92. The summed E-state index contributed by atoms with van der Waals surface area (Å²) in [5, 5.41) is 4.46. The Labute approximate surface area is 173 Å². The minimum absolute atomic E-state index is 0.0194. The number of halogens is 2. The number of carbonyl (C=O) groups is 1. The molecule has 0 saturated heterocycles. The SMILES string of the molecule is COC(=O)N1c2ccc(-c3cnn(C4CC4)c3)c(OCC3CC3(F)F)c2CCC1C. The van der Waals surface area contributed by atoms with Gasteiger partial charge in [0.25, 0.3) is 5.92 Å². The van der Waals surface area contributed by atoms with Gasteiger partial charge in [-0.25, -0.2) is 13.6 Å². The normalized spacial score (nSPS) is 24.3. The number of benzene rings is 1. The van der Waals surface area contributed by atoms with Crippen LogP contribution in [-0.4, -0.2) is 41.6 Å². The number of methoxy groups -OCH3 is 1. The Hall–Kier alpha value is -2.64. The first-order chi connectivity index (χ1) is 14.4. The number of amides is 1. The summed E-state index contributed by atoms with van der Waals surface area (Å²) in [6.45, 7) is 1.93. The molecular weight excluding hydrogens is 392 g/mol. The third kappa shape index (κ3) is 3.32. The molecule has 2 unspecified atom stereocenters. The molecule has 1 aromatic carbocycles. The summed E-state index contributed by atoms with van der Waals surface area (Å²) in [4.78, 5) is 14.0. The number of rotatable bonds is 5. The first-order valence-electron chi connectivity index (χ1n) is 10.5. The molecule has 30 heavy (non-hydrogen) atoms. The molecule has 2 fully saturated rings. The van der Waals surface area contributed by atoms with E-state index in [0.717, 1.165) is 41.6 Å². The van der Waals surface area contributed by atoms with E-state index in [-0.39, 0.29) is 19.1 Å². The number of ether oxygens (including phenoxy) is 2. The van der Waals surface area contributed by atoms with Crippen LogP contribution in [0.4, 0.5) is 19.3 Å². The van der Waals surface area contributed by atoms with Gasteiger partial charge in [0.05, 0.1) is 37.6 Å². The van der Waals surface area contributed by atoms with Gasteiger partial charge in [-0.1, -0.05) is 0 Å².